The molecule has 0 heterocycles. The van der Waals surface area contributed by atoms with Crippen molar-refractivity contribution in [2.75, 3.05) is 7.11 Å². The predicted octanol–water partition coefficient (Wildman–Crippen LogP) is 4.44. The van der Waals surface area contributed by atoms with E-state index in [0.29, 0.717) is 5.75 Å². The monoisotopic (exact) mass is 286 g/mol. The second-order valence-corrected chi connectivity index (χ2v) is 4.39. The van der Waals surface area contributed by atoms with E-state index in [1.165, 1.54) is 25.3 Å². The van der Waals surface area contributed by atoms with Crippen LogP contribution in [0.3, 0.4) is 0 Å². The molecule has 0 aliphatic rings. The van der Waals surface area contributed by atoms with E-state index < -0.39 is 22.8 Å². The molecule has 5 heteroatoms. The van der Waals surface area contributed by atoms with Crippen LogP contribution in [0, 0.1) is 17.5 Å². The molecule has 1 nitrogen and oxygen atoms in total. The van der Waals surface area contributed by atoms with Gasteiger partial charge in [0, 0.05) is 17.7 Å². The van der Waals surface area contributed by atoms with Crippen LogP contribution in [0.25, 0.3) is 0 Å². The Bertz CT molecular complexity index is 581. The zero-order valence-corrected chi connectivity index (χ0v) is 10.7. The molecule has 0 radical (unpaired) electrons. The van der Waals surface area contributed by atoms with Gasteiger partial charge in [-0.2, -0.15) is 0 Å². The van der Waals surface area contributed by atoms with Crippen molar-refractivity contribution in [2.24, 2.45) is 0 Å². The number of ether oxygens (including phenoxy) is 1. The zero-order valence-electron chi connectivity index (χ0n) is 9.96. The largest absolute Gasteiger partial charge is 0.497 e. The van der Waals surface area contributed by atoms with Gasteiger partial charge in [0.25, 0.3) is 0 Å². The van der Waals surface area contributed by atoms with Gasteiger partial charge in [-0.05, 0) is 23.8 Å². The SMILES string of the molecule is COc1ccc(C(Cl)c2cc(F)cc(F)c2)c(F)c1. The lowest BCUT2D eigenvalue weighted by molar-refractivity contribution is 0.410. The van der Waals surface area contributed by atoms with Crippen molar-refractivity contribution in [1.29, 1.82) is 0 Å². The smallest absolute Gasteiger partial charge is 0.131 e. The van der Waals surface area contributed by atoms with Crippen LogP contribution in [-0.4, -0.2) is 7.11 Å². The van der Waals surface area contributed by atoms with Crippen molar-refractivity contribution in [1.82, 2.24) is 0 Å². The molecular weight excluding hydrogens is 277 g/mol. The van der Waals surface area contributed by atoms with Crippen molar-refractivity contribution < 1.29 is 17.9 Å². The maximum atomic E-state index is 13.8. The minimum atomic E-state index is -0.976. The van der Waals surface area contributed by atoms with E-state index in [2.05, 4.69) is 0 Å². The van der Waals surface area contributed by atoms with Gasteiger partial charge >= 0.3 is 0 Å². The fraction of sp³-hybridized carbons (Fsp3) is 0.143. The van der Waals surface area contributed by atoms with Crippen LogP contribution in [0.15, 0.2) is 36.4 Å². The number of rotatable bonds is 3. The fourth-order valence-electron chi connectivity index (χ4n) is 1.74. The third kappa shape index (κ3) is 3.01. The average Bonchev–Trinajstić information content (AvgIpc) is 2.36. The second kappa shape index (κ2) is 5.53. The first-order chi connectivity index (χ1) is 9.01. The number of hydrogen-bond donors (Lipinski definition) is 0. The molecule has 1 atom stereocenters. The van der Waals surface area contributed by atoms with Gasteiger partial charge in [0.1, 0.15) is 23.2 Å². The predicted molar refractivity (Wildman–Crippen MR) is 67.0 cm³/mol. The molecule has 0 bridgehead atoms. The molecule has 0 fully saturated rings. The van der Waals surface area contributed by atoms with E-state index in [4.69, 9.17) is 16.3 Å². The summed E-state index contributed by atoms with van der Waals surface area (Å²) in [6, 6.07) is 7.00. The molecule has 100 valence electrons. The Hall–Kier alpha value is -1.68. The summed E-state index contributed by atoms with van der Waals surface area (Å²) in [6.07, 6.45) is 0. The summed E-state index contributed by atoms with van der Waals surface area (Å²) in [5, 5.41) is -0.976. The Labute approximate surface area is 113 Å². The van der Waals surface area contributed by atoms with E-state index in [1.54, 1.807) is 0 Å². The Kier molecular flexibility index (Phi) is 4.00. The maximum absolute atomic E-state index is 13.8. The lowest BCUT2D eigenvalue weighted by atomic mass is 10.0. The normalized spacial score (nSPS) is 12.3. The Morgan fingerprint density at radius 3 is 2.16 bits per heavy atom. The fourth-order valence-corrected chi connectivity index (χ4v) is 2.04. The highest BCUT2D eigenvalue weighted by Crippen LogP contribution is 2.32. The van der Waals surface area contributed by atoms with Crippen LogP contribution < -0.4 is 4.74 Å². The molecule has 1 unspecified atom stereocenters. The minimum Gasteiger partial charge on any atom is -0.497 e. The van der Waals surface area contributed by atoms with E-state index in [-0.39, 0.29) is 11.1 Å². The third-order valence-corrected chi connectivity index (χ3v) is 3.15. The van der Waals surface area contributed by atoms with Gasteiger partial charge in [0.05, 0.1) is 12.5 Å². The van der Waals surface area contributed by atoms with Crippen LogP contribution in [0.2, 0.25) is 0 Å². The second-order valence-electron chi connectivity index (χ2n) is 3.95. The molecule has 0 saturated heterocycles. The number of alkyl halides is 1. The summed E-state index contributed by atoms with van der Waals surface area (Å²) in [5.41, 5.74) is 0.288. The molecule has 2 aromatic rings. The van der Waals surface area contributed by atoms with Crippen LogP contribution in [-0.2, 0) is 0 Å². The lowest BCUT2D eigenvalue weighted by Gasteiger charge is -2.12. The highest BCUT2D eigenvalue weighted by atomic mass is 35.5. The van der Waals surface area contributed by atoms with Crippen molar-refractivity contribution >= 4 is 11.6 Å². The molecule has 0 aliphatic heterocycles. The van der Waals surface area contributed by atoms with Crippen molar-refractivity contribution in [3.8, 4) is 5.75 Å². The first kappa shape index (κ1) is 13.7. The summed E-state index contributed by atoms with van der Waals surface area (Å²) in [6.45, 7) is 0. The summed E-state index contributed by atoms with van der Waals surface area (Å²) < 4.78 is 44.9. The third-order valence-electron chi connectivity index (χ3n) is 2.66. The number of halogens is 4. The number of hydrogen-bond acceptors (Lipinski definition) is 1. The van der Waals surface area contributed by atoms with Crippen molar-refractivity contribution in [3.05, 3.63) is 65.0 Å². The molecule has 0 N–H and O–H groups in total. The van der Waals surface area contributed by atoms with Crippen LogP contribution >= 0.6 is 11.6 Å². The summed E-state index contributed by atoms with van der Waals surface area (Å²) in [4.78, 5) is 0. The molecule has 2 aromatic carbocycles. The summed E-state index contributed by atoms with van der Waals surface area (Å²) in [7, 11) is 1.41. The molecule has 0 amide bonds. The Morgan fingerprint density at radius 2 is 1.63 bits per heavy atom. The van der Waals surface area contributed by atoms with E-state index in [1.807, 2.05) is 0 Å². The Morgan fingerprint density at radius 1 is 1.00 bits per heavy atom. The summed E-state index contributed by atoms with van der Waals surface area (Å²) in [5.74, 6) is -1.76. The highest BCUT2D eigenvalue weighted by Gasteiger charge is 2.17. The van der Waals surface area contributed by atoms with Gasteiger partial charge in [0.15, 0.2) is 0 Å². The van der Waals surface area contributed by atoms with Gasteiger partial charge in [-0.3, -0.25) is 0 Å². The minimum absolute atomic E-state index is 0.132. The van der Waals surface area contributed by atoms with E-state index in [9.17, 15) is 13.2 Å². The van der Waals surface area contributed by atoms with Crippen LogP contribution in [0.4, 0.5) is 13.2 Å². The van der Waals surface area contributed by atoms with Gasteiger partial charge in [0.2, 0.25) is 0 Å². The highest BCUT2D eigenvalue weighted by molar-refractivity contribution is 6.22. The summed E-state index contributed by atoms with van der Waals surface area (Å²) >= 11 is 6.06. The quantitative estimate of drug-likeness (QED) is 0.758. The standard InChI is InChI=1S/C14H10ClF3O/c1-19-11-2-3-12(13(18)7-11)14(15)8-4-9(16)6-10(17)5-8/h2-7,14H,1H3. The molecular formula is C14H10ClF3O. The lowest BCUT2D eigenvalue weighted by Crippen LogP contribution is -1.99. The topological polar surface area (TPSA) is 9.23 Å². The average molecular weight is 287 g/mol. The zero-order chi connectivity index (χ0) is 14.0. The maximum Gasteiger partial charge on any atom is 0.131 e. The number of methoxy groups -OCH3 is 1. The molecule has 19 heavy (non-hydrogen) atoms. The van der Waals surface area contributed by atoms with Gasteiger partial charge in [-0.15, -0.1) is 11.6 Å². The van der Waals surface area contributed by atoms with E-state index >= 15 is 0 Å². The van der Waals surface area contributed by atoms with Gasteiger partial charge in [-0.1, -0.05) is 6.07 Å². The van der Waals surface area contributed by atoms with Crippen LogP contribution in [0.1, 0.15) is 16.5 Å². The molecule has 0 aromatic heterocycles. The van der Waals surface area contributed by atoms with Crippen molar-refractivity contribution in [2.45, 2.75) is 5.38 Å². The van der Waals surface area contributed by atoms with Gasteiger partial charge in [-0.25, -0.2) is 13.2 Å². The molecule has 2 rings (SSSR count). The number of benzene rings is 2. The van der Waals surface area contributed by atoms with Gasteiger partial charge < -0.3 is 4.74 Å². The van der Waals surface area contributed by atoms with Crippen molar-refractivity contribution in [3.63, 3.8) is 0 Å². The molecule has 0 saturated carbocycles. The molecule has 0 aliphatic carbocycles. The Balaban J connectivity index is 2.40. The van der Waals surface area contributed by atoms with E-state index in [0.717, 1.165) is 18.2 Å². The molecule has 0 spiro atoms. The first-order valence-electron chi connectivity index (χ1n) is 5.44. The van der Waals surface area contributed by atoms with Crippen LogP contribution in [0.5, 0.6) is 5.75 Å². The first-order valence-corrected chi connectivity index (χ1v) is 5.88.